The summed E-state index contributed by atoms with van der Waals surface area (Å²) in [6, 6.07) is 9.14. The molecule has 0 fully saturated rings. The minimum absolute atomic E-state index is 0.0229. The number of carbonyl (C=O) groups is 1. The molecule has 0 saturated carbocycles. The van der Waals surface area contributed by atoms with Crippen molar-refractivity contribution in [3.63, 3.8) is 0 Å². The smallest absolute Gasteiger partial charge is 0.338 e. The van der Waals surface area contributed by atoms with Crippen molar-refractivity contribution in [2.75, 3.05) is 7.11 Å². The highest BCUT2D eigenvalue weighted by Crippen LogP contribution is 2.29. The van der Waals surface area contributed by atoms with Crippen LogP contribution in [0.15, 0.2) is 47.0 Å². The van der Waals surface area contributed by atoms with Crippen LogP contribution in [0.3, 0.4) is 0 Å². The Labute approximate surface area is 151 Å². The predicted octanol–water partition coefficient (Wildman–Crippen LogP) is 3.15. The molecule has 138 valence electrons. The first-order valence-electron chi connectivity index (χ1n) is 7.56. The number of hydrogen-bond donors (Lipinski definition) is 0. The predicted molar refractivity (Wildman–Crippen MR) is 88.5 cm³/mol. The van der Waals surface area contributed by atoms with Gasteiger partial charge in [-0.25, -0.2) is 9.18 Å². The summed E-state index contributed by atoms with van der Waals surface area (Å²) in [5.74, 6) is -0.873. The molecule has 10 heteroatoms. The fraction of sp³-hybridized carbons (Fsp3) is 0.118. The van der Waals surface area contributed by atoms with Gasteiger partial charge < -0.3 is 14.0 Å². The van der Waals surface area contributed by atoms with Crippen molar-refractivity contribution in [3.8, 4) is 17.2 Å². The van der Waals surface area contributed by atoms with Crippen LogP contribution in [0, 0.1) is 15.9 Å². The van der Waals surface area contributed by atoms with Crippen LogP contribution in [0.5, 0.6) is 5.75 Å². The molecule has 0 spiro atoms. The van der Waals surface area contributed by atoms with E-state index in [1.165, 1.54) is 43.5 Å². The molecule has 0 aliphatic heterocycles. The molecular formula is C17H12FN3O6. The van der Waals surface area contributed by atoms with Crippen LogP contribution in [0.1, 0.15) is 16.2 Å². The Kier molecular flexibility index (Phi) is 5.06. The van der Waals surface area contributed by atoms with Crippen molar-refractivity contribution in [1.82, 2.24) is 10.1 Å². The van der Waals surface area contributed by atoms with Gasteiger partial charge in [0.05, 0.1) is 17.6 Å². The second-order valence-electron chi connectivity index (χ2n) is 5.24. The molecule has 0 aliphatic carbocycles. The molecule has 0 radical (unpaired) electrons. The lowest BCUT2D eigenvalue weighted by molar-refractivity contribution is -0.386. The second kappa shape index (κ2) is 7.60. The largest absolute Gasteiger partial charge is 0.478 e. The molecule has 0 aliphatic rings. The number of carbonyl (C=O) groups excluding carboxylic acids is 1. The first-order chi connectivity index (χ1) is 13.0. The normalized spacial score (nSPS) is 10.4. The van der Waals surface area contributed by atoms with E-state index in [1.54, 1.807) is 0 Å². The van der Waals surface area contributed by atoms with E-state index >= 15 is 0 Å². The minimum atomic E-state index is -0.702. The van der Waals surface area contributed by atoms with Crippen molar-refractivity contribution >= 4 is 11.7 Å². The molecule has 27 heavy (non-hydrogen) atoms. The van der Waals surface area contributed by atoms with Gasteiger partial charge in [-0.1, -0.05) is 5.16 Å². The highest BCUT2D eigenvalue weighted by Gasteiger charge is 2.20. The lowest BCUT2D eigenvalue weighted by Crippen LogP contribution is -2.05. The van der Waals surface area contributed by atoms with Gasteiger partial charge in [-0.05, 0) is 36.4 Å². The standard InChI is InChI=1S/C17H12FN3O6/c1-25-17(22)11-4-7-14(13(8-11)21(23)24)26-9-15-19-16(27-20-15)10-2-5-12(18)6-3-10/h2-8H,9H2,1H3. The van der Waals surface area contributed by atoms with Crippen molar-refractivity contribution < 1.29 is 28.1 Å². The molecule has 2 aromatic carbocycles. The molecule has 0 unspecified atom stereocenters. The van der Waals surface area contributed by atoms with Crippen LogP contribution in [0.4, 0.5) is 10.1 Å². The van der Waals surface area contributed by atoms with Crippen LogP contribution in [0.2, 0.25) is 0 Å². The molecule has 0 atom stereocenters. The van der Waals surface area contributed by atoms with Crippen LogP contribution in [-0.4, -0.2) is 28.1 Å². The number of halogens is 1. The number of aromatic nitrogens is 2. The topological polar surface area (TPSA) is 118 Å². The van der Waals surface area contributed by atoms with Gasteiger partial charge in [0.1, 0.15) is 5.82 Å². The molecule has 9 nitrogen and oxygen atoms in total. The third-order valence-electron chi connectivity index (χ3n) is 3.49. The first kappa shape index (κ1) is 18.0. The number of benzene rings is 2. The summed E-state index contributed by atoms with van der Waals surface area (Å²) in [5, 5.41) is 14.9. The van der Waals surface area contributed by atoms with Crippen molar-refractivity contribution in [2.24, 2.45) is 0 Å². The molecule has 1 heterocycles. The third-order valence-corrected chi connectivity index (χ3v) is 3.49. The number of ether oxygens (including phenoxy) is 2. The first-order valence-corrected chi connectivity index (χ1v) is 7.56. The van der Waals surface area contributed by atoms with Gasteiger partial charge in [-0.2, -0.15) is 4.98 Å². The Hall–Kier alpha value is -3.82. The minimum Gasteiger partial charge on any atom is -0.478 e. The number of methoxy groups -OCH3 is 1. The molecule has 0 amide bonds. The van der Waals surface area contributed by atoms with Crippen LogP contribution in [0.25, 0.3) is 11.5 Å². The van der Waals surface area contributed by atoms with E-state index in [1.807, 2.05) is 0 Å². The van der Waals surface area contributed by atoms with E-state index in [9.17, 15) is 19.3 Å². The maximum Gasteiger partial charge on any atom is 0.338 e. The van der Waals surface area contributed by atoms with Crippen LogP contribution in [-0.2, 0) is 11.3 Å². The van der Waals surface area contributed by atoms with E-state index in [0.29, 0.717) is 5.56 Å². The maximum absolute atomic E-state index is 12.9. The quantitative estimate of drug-likeness (QED) is 0.367. The summed E-state index contributed by atoms with van der Waals surface area (Å²) in [7, 11) is 1.17. The number of hydrogen-bond acceptors (Lipinski definition) is 8. The summed E-state index contributed by atoms with van der Waals surface area (Å²) in [4.78, 5) is 26.1. The van der Waals surface area contributed by atoms with E-state index in [-0.39, 0.29) is 29.6 Å². The Morgan fingerprint density at radius 2 is 2.00 bits per heavy atom. The summed E-state index contributed by atoms with van der Waals surface area (Å²) in [6.07, 6.45) is 0. The number of esters is 1. The summed E-state index contributed by atoms with van der Waals surface area (Å²) < 4.78 is 27.9. The zero-order valence-corrected chi connectivity index (χ0v) is 13.9. The van der Waals surface area contributed by atoms with Gasteiger partial charge in [-0.15, -0.1) is 0 Å². The SMILES string of the molecule is COC(=O)c1ccc(OCc2noc(-c3ccc(F)cc3)n2)c([N+](=O)[O-])c1. The summed E-state index contributed by atoms with van der Waals surface area (Å²) in [5.41, 5.74) is 0.137. The second-order valence-corrected chi connectivity index (χ2v) is 5.24. The van der Waals surface area contributed by atoms with Gasteiger partial charge in [0.15, 0.2) is 12.4 Å². The molecule has 0 N–H and O–H groups in total. The molecule has 3 rings (SSSR count). The van der Waals surface area contributed by atoms with Gasteiger partial charge >= 0.3 is 11.7 Å². The van der Waals surface area contributed by atoms with Crippen molar-refractivity contribution in [2.45, 2.75) is 6.61 Å². The Balaban J connectivity index is 1.76. The zero-order chi connectivity index (χ0) is 19.4. The van der Waals surface area contributed by atoms with Gasteiger partial charge in [0.2, 0.25) is 5.82 Å². The third kappa shape index (κ3) is 4.06. The fourth-order valence-electron chi connectivity index (χ4n) is 2.19. The highest BCUT2D eigenvalue weighted by atomic mass is 19.1. The Morgan fingerprint density at radius 1 is 1.26 bits per heavy atom. The average Bonchev–Trinajstić information content (AvgIpc) is 3.15. The Morgan fingerprint density at radius 3 is 2.67 bits per heavy atom. The molecule has 0 saturated heterocycles. The van der Waals surface area contributed by atoms with Gasteiger partial charge in [0.25, 0.3) is 5.89 Å². The van der Waals surface area contributed by atoms with E-state index < -0.39 is 22.4 Å². The number of nitro benzene ring substituents is 1. The van der Waals surface area contributed by atoms with Crippen molar-refractivity contribution in [3.05, 3.63) is 69.8 Å². The summed E-state index contributed by atoms with van der Waals surface area (Å²) >= 11 is 0. The maximum atomic E-state index is 12.9. The molecular weight excluding hydrogens is 361 g/mol. The lowest BCUT2D eigenvalue weighted by atomic mass is 10.2. The molecule has 1 aromatic heterocycles. The monoisotopic (exact) mass is 373 g/mol. The highest BCUT2D eigenvalue weighted by molar-refractivity contribution is 5.90. The van der Waals surface area contributed by atoms with E-state index in [2.05, 4.69) is 14.9 Å². The number of nitrogens with zero attached hydrogens (tertiary/aromatic N) is 3. The lowest BCUT2D eigenvalue weighted by Gasteiger charge is -2.06. The van der Waals surface area contributed by atoms with Crippen LogP contribution >= 0.6 is 0 Å². The van der Waals surface area contributed by atoms with Crippen LogP contribution < -0.4 is 4.74 Å². The fourth-order valence-corrected chi connectivity index (χ4v) is 2.19. The van der Waals surface area contributed by atoms with E-state index in [0.717, 1.165) is 6.07 Å². The average molecular weight is 373 g/mol. The number of rotatable bonds is 6. The van der Waals surface area contributed by atoms with Gasteiger partial charge in [-0.3, -0.25) is 10.1 Å². The Bertz CT molecular complexity index is 987. The zero-order valence-electron chi connectivity index (χ0n) is 13.9. The van der Waals surface area contributed by atoms with Gasteiger partial charge in [0, 0.05) is 11.6 Å². The van der Waals surface area contributed by atoms with Crippen molar-refractivity contribution in [1.29, 1.82) is 0 Å². The van der Waals surface area contributed by atoms with E-state index in [4.69, 9.17) is 9.26 Å². The molecule has 3 aromatic rings. The summed E-state index contributed by atoms with van der Waals surface area (Å²) in [6.45, 7) is -0.205. The number of nitro groups is 1. The molecule has 0 bridgehead atoms.